The van der Waals surface area contributed by atoms with Crippen LogP contribution in [0.2, 0.25) is 0 Å². The molecular formula is C17H29ClO4. The molecule has 128 valence electrons. The average Bonchev–Trinajstić information content (AvgIpc) is 2.71. The van der Waals surface area contributed by atoms with Crippen molar-refractivity contribution in [3.05, 3.63) is 10.8 Å². The van der Waals surface area contributed by atoms with E-state index in [0.717, 1.165) is 25.5 Å². The Morgan fingerprint density at radius 3 is 2.41 bits per heavy atom. The van der Waals surface area contributed by atoms with Crippen LogP contribution in [0.25, 0.3) is 0 Å². The molecule has 0 aliphatic heterocycles. The molecule has 1 aliphatic rings. The summed E-state index contributed by atoms with van der Waals surface area (Å²) in [6, 6.07) is 0. The highest BCUT2D eigenvalue weighted by Gasteiger charge is 2.42. The Labute approximate surface area is 138 Å². The molecule has 0 spiro atoms. The van der Waals surface area contributed by atoms with Gasteiger partial charge < -0.3 is 20.1 Å². The fraction of sp³-hybridized carbons (Fsp3) is 0.824. The molecule has 0 aromatic carbocycles. The van der Waals surface area contributed by atoms with Crippen LogP contribution >= 0.6 is 11.6 Å². The molecule has 4 atom stereocenters. The lowest BCUT2D eigenvalue weighted by Crippen LogP contribution is -2.24. The van der Waals surface area contributed by atoms with E-state index in [-0.39, 0.29) is 30.4 Å². The van der Waals surface area contributed by atoms with E-state index in [0.29, 0.717) is 11.5 Å². The average molecular weight is 333 g/mol. The van der Waals surface area contributed by atoms with Crippen molar-refractivity contribution in [3.63, 3.8) is 0 Å². The number of carbonyl (C=O) groups is 1. The van der Waals surface area contributed by atoms with E-state index in [1.165, 1.54) is 0 Å². The molecule has 3 N–H and O–H groups in total. The number of carbonyl (C=O) groups excluding carboxylic acids is 1. The van der Waals surface area contributed by atoms with Crippen LogP contribution in [0.3, 0.4) is 0 Å². The van der Waals surface area contributed by atoms with Crippen LogP contribution in [0.1, 0.15) is 59.3 Å². The SMILES string of the molecule is CCCCC(C)(C)C(O)=C(Cl)C[C@H]1[C@H](CC=O)[C@H](O)C[C@@H]1O. The number of aliphatic hydroxyl groups excluding tert-OH is 3. The summed E-state index contributed by atoms with van der Waals surface area (Å²) < 4.78 is 0. The van der Waals surface area contributed by atoms with Crippen LogP contribution in [0.4, 0.5) is 0 Å². The second-order valence-electron chi connectivity index (χ2n) is 7.05. The molecule has 1 rings (SSSR count). The number of unbranched alkanes of at least 4 members (excludes halogenated alkanes) is 1. The molecule has 0 aromatic heterocycles. The topological polar surface area (TPSA) is 77.8 Å². The van der Waals surface area contributed by atoms with Crippen molar-refractivity contribution in [2.75, 3.05) is 0 Å². The van der Waals surface area contributed by atoms with Crippen LogP contribution in [0.5, 0.6) is 0 Å². The van der Waals surface area contributed by atoms with Gasteiger partial charge in [-0.15, -0.1) is 0 Å². The fourth-order valence-electron chi connectivity index (χ4n) is 3.31. The van der Waals surface area contributed by atoms with Crippen molar-refractivity contribution in [1.29, 1.82) is 0 Å². The second kappa shape index (κ2) is 8.32. The molecule has 0 saturated heterocycles. The van der Waals surface area contributed by atoms with Gasteiger partial charge in [-0.3, -0.25) is 0 Å². The lowest BCUT2D eigenvalue weighted by atomic mass is 9.82. The Bertz CT molecular complexity index is 405. The third kappa shape index (κ3) is 4.71. The van der Waals surface area contributed by atoms with Gasteiger partial charge in [-0.1, -0.05) is 45.2 Å². The van der Waals surface area contributed by atoms with E-state index in [4.69, 9.17) is 11.6 Å². The third-order valence-electron chi connectivity index (χ3n) is 4.86. The molecule has 0 aromatic rings. The summed E-state index contributed by atoms with van der Waals surface area (Å²) in [4.78, 5) is 10.8. The van der Waals surface area contributed by atoms with Crippen molar-refractivity contribution < 1.29 is 20.1 Å². The summed E-state index contributed by atoms with van der Waals surface area (Å²) in [6.45, 7) is 5.99. The molecule has 5 heteroatoms. The normalized spacial score (nSPS) is 30.3. The second-order valence-corrected chi connectivity index (χ2v) is 7.50. The molecule has 0 amide bonds. The van der Waals surface area contributed by atoms with Crippen molar-refractivity contribution in [3.8, 4) is 0 Å². The Morgan fingerprint density at radius 2 is 1.86 bits per heavy atom. The summed E-state index contributed by atoms with van der Waals surface area (Å²) in [6.07, 6.45) is 3.01. The first-order valence-electron chi connectivity index (χ1n) is 8.12. The third-order valence-corrected chi connectivity index (χ3v) is 5.19. The zero-order valence-electron chi connectivity index (χ0n) is 13.8. The number of hydrogen-bond donors (Lipinski definition) is 3. The summed E-state index contributed by atoms with van der Waals surface area (Å²) >= 11 is 6.30. The van der Waals surface area contributed by atoms with Crippen molar-refractivity contribution in [2.45, 2.75) is 71.5 Å². The van der Waals surface area contributed by atoms with Gasteiger partial charge in [0.25, 0.3) is 0 Å². The summed E-state index contributed by atoms with van der Waals surface area (Å²) in [5, 5.41) is 30.8. The minimum absolute atomic E-state index is 0.154. The van der Waals surface area contributed by atoms with Gasteiger partial charge in [-0.05, 0) is 31.1 Å². The van der Waals surface area contributed by atoms with E-state index < -0.39 is 17.6 Å². The van der Waals surface area contributed by atoms with Gasteiger partial charge in [-0.25, -0.2) is 0 Å². The predicted octanol–water partition coefficient (Wildman–Crippen LogP) is 3.55. The molecule has 1 saturated carbocycles. The number of rotatable bonds is 8. The summed E-state index contributed by atoms with van der Waals surface area (Å²) in [7, 11) is 0. The molecular weight excluding hydrogens is 304 g/mol. The highest BCUT2D eigenvalue weighted by molar-refractivity contribution is 6.29. The van der Waals surface area contributed by atoms with Crippen LogP contribution in [0, 0.1) is 17.3 Å². The minimum atomic E-state index is -0.694. The van der Waals surface area contributed by atoms with Gasteiger partial charge in [0.15, 0.2) is 0 Å². The van der Waals surface area contributed by atoms with E-state index in [9.17, 15) is 20.1 Å². The zero-order valence-corrected chi connectivity index (χ0v) is 14.5. The molecule has 0 heterocycles. The van der Waals surface area contributed by atoms with Gasteiger partial charge in [0.2, 0.25) is 0 Å². The first kappa shape index (κ1) is 19.5. The highest BCUT2D eigenvalue weighted by atomic mass is 35.5. The summed E-state index contributed by atoms with van der Waals surface area (Å²) in [5.74, 6) is -0.439. The zero-order chi connectivity index (χ0) is 16.9. The smallest absolute Gasteiger partial charge is 0.120 e. The predicted molar refractivity (Wildman–Crippen MR) is 87.7 cm³/mol. The maximum atomic E-state index is 10.8. The molecule has 1 aliphatic carbocycles. The Hall–Kier alpha value is -0.580. The van der Waals surface area contributed by atoms with E-state index >= 15 is 0 Å². The number of hydrogen-bond acceptors (Lipinski definition) is 4. The lowest BCUT2D eigenvalue weighted by Gasteiger charge is -2.27. The highest BCUT2D eigenvalue weighted by Crippen LogP contribution is 2.42. The molecule has 0 unspecified atom stereocenters. The van der Waals surface area contributed by atoms with E-state index in [1.807, 2.05) is 13.8 Å². The number of allylic oxidation sites excluding steroid dienone is 2. The minimum Gasteiger partial charge on any atom is -0.511 e. The lowest BCUT2D eigenvalue weighted by molar-refractivity contribution is -0.109. The van der Waals surface area contributed by atoms with Gasteiger partial charge in [0, 0.05) is 11.8 Å². The first-order chi connectivity index (χ1) is 10.2. The maximum absolute atomic E-state index is 10.8. The van der Waals surface area contributed by atoms with Crippen LogP contribution in [0.15, 0.2) is 10.8 Å². The monoisotopic (exact) mass is 332 g/mol. The summed E-state index contributed by atoms with van der Waals surface area (Å²) in [5.41, 5.74) is -0.407. The molecule has 1 fully saturated rings. The Balaban J connectivity index is 2.86. The van der Waals surface area contributed by atoms with Crippen LogP contribution in [-0.4, -0.2) is 33.8 Å². The molecule has 0 radical (unpaired) electrons. The molecule has 22 heavy (non-hydrogen) atoms. The van der Waals surface area contributed by atoms with Crippen LogP contribution < -0.4 is 0 Å². The van der Waals surface area contributed by atoms with Gasteiger partial charge in [-0.2, -0.15) is 0 Å². The van der Waals surface area contributed by atoms with Gasteiger partial charge >= 0.3 is 0 Å². The van der Waals surface area contributed by atoms with E-state index in [1.54, 1.807) is 0 Å². The number of aldehydes is 1. The van der Waals surface area contributed by atoms with Crippen molar-refractivity contribution in [1.82, 2.24) is 0 Å². The van der Waals surface area contributed by atoms with Crippen molar-refractivity contribution in [2.24, 2.45) is 17.3 Å². The van der Waals surface area contributed by atoms with Crippen LogP contribution in [-0.2, 0) is 4.79 Å². The Kier molecular flexibility index (Phi) is 7.36. The largest absolute Gasteiger partial charge is 0.511 e. The standard InChI is InChI=1S/C17H29ClO4/c1-4-5-7-17(2,3)16(22)13(18)9-12-11(6-8-19)14(20)10-15(12)21/h8,11-12,14-15,20-22H,4-7,9-10H2,1-3H3/t11-,12-,14+,15-/m0/s1. The maximum Gasteiger partial charge on any atom is 0.120 e. The van der Waals surface area contributed by atoms with Gasteiger partial charge in [0.05, 0.1) is 17.2 Å². The number of halogens is 1. The molecule has 0 bridgehead atoms. The number of aliphatic hydroxyl groups is 3. The van der Waals surface area contributed by atoms with Crippen molar-refractivity contribution >= 4 is 17.9 Å². The van der Waals surface area contributed by atoms with E-state index in [2.05, 4.69) is 6.92 Å². The Morgan fingerprint density at radius 1 is 1.27 bits per heavy atom. The van der Waals surface area contributed by atoms with Gasteiger partial charge in [0.1, 0.15) is 12.0 Å². The fourth-order valence-corrected chi connectivity index (χ4v) is 3.74. The quantitative estimate of drug-likeness (QED) is 0.469. The molecule has 4 nitrogen and oxygen atoms in total. The first-order valence-corrected chi connectivity index (χ1v) is 8.50.